The number of nitriles is 1. The van der Waals surface area contributed by atoms with Crippen LogP contribution in [0.2, 0.25) is 0 Å². The fraction of sp³-hybridized carbons (Fsp3) is 0.208. The van der Waals surface area contributed by atoms with Gasteiger partial charge in [0.15, 0.2) is 10.9 Å². The maximum Gasteiger partial charge on any atom is 0.246 e. The Morgan fingerprint density at radius 2 is 2.00 bits per heavy atom. The SMILES string of the molecule is C=CC(=O)N1CCN(c2ncnc3c(F)c(-c4ccc(F)c5sc(N)nc45)c(CC#N)cc23)CC1. The van der Waals surface area contributed by atoms with Crippen molar-refractivity contribution in [1.82, 2.24) is 19.9 Å². The van der Waals surface area contributed by atoms with E-state index in [0.717, 1.165) is 11.3 Å². The van der Waals surface area contributed by atoms with E-state index in [9.17, 15) is 14.4 Å². The molecule has 1 amide bonds. The molecule has 0 aliphatic carbocycles. The first-order valence-corrected chi connectivity index (χ1v) is 11.6. The average Bonchev–Trinajstić information content (AvgIpc) is 3.27. The third-order valence-corrected chi connectivity index (χ3v) is 6.94. The normalized spacial score (nSPS) is 13.9. The molecule has 4 aromatic rings. The highest BCUT2D eigenvalue weighted by molar-refractivity contribution is 7.22. The van der Waals surface area contributed by atoms with Gasteiger partial charge in [0.1, 0.15) is 23.5 Å². The second-order valence-corrected chi connectivity index (χ2v) is 9.02. The van der Waals surface area contributed by atoms with Crippen LogP contribution >= 0.6 is 11.3 Å². The molecule has 0 bridgehead atoms. The number of nitrogen functional groups attached to an aromatic ring is 1. The molecule has 8 nitrogen and oxygen atoms in total. The van der Waals surface area contributed by atoms with Crippen LogP contribution in [0.3, 0.4) is 0 Å². The highest BCUT2D eigenvalue weighted by atomic mass is 32.1. The molecule has 1 aliphatic heterocycles. The van der Waals surface area contributed by atoms with Crippen LogP contribution in [0.15, 0.2) is 37.2 Å². The van der Waals surface area contributed by atoms with Gasteiger partial charge in [-0.15, -0.1) is 0 Å². The fourth-order valence-electron chi connectivity index (χ4n) is 4.43. The van der Waals surface area contributed by atoms with Crippen LogP contribution in [0.4, 0.5) is 19.7 Å². The number of nitrogens with two attached hydrogens (primary N) is 1. The smallest absolute Gasteiger partial charge is 0.246 e. The molecule has 3 heterocycles. The number of carbonyl (C=O) groups excluding carboxylic acids is 1. The van der Waals surface area contributed by atoms with E-state index >= 15 is 4.39 Å². The Bertz CT molecular complexity index is 1540. The van der Waals surface area contributed by atoms with Crippen molar-refractivity contribution in [3.05, 3.63) is 54.4 Å². The van der Waals surface area contributed by atoms with Crippen molar-refractivity contribution in [1.29, 1.82) is 5.26 Å². The monoisotopic (exact) mass is 491 g/mol. The molecule has 2 aromatic carbocycles. The number of halogens is 2. The maximum atomic E-state index is 16.1. The number of piperazine rings is 1. The van der Waals surface area contributed by atoms with Crippen molar-refractivity contribution < 1.29 is 13.6 Å². The molecule has 1 aliphatic rings. The standard InChI is InChI=1S/C24H19F2N7OS/c1-2-17(34)32-7-9-33(10-8-32)23-15-11-13(5-6-27)18(19(26)20(15)29-12-30-23)14-3-4-16(25)22-21(14)31-24(28)35-22/h2-4,11-12H,1,5,7-10H2,(H2,28,31). The lowest BCUT2D eigenvalue weighted by atomic mass is 9.94. The first-order chi connectivity index (χ1) is 16.9. The third kappa shape index (κ3) is 3.81. The number of amides is 1. The molecule has 35 heavy (non-hydrogen) atoms. The van der Waals surface area contributed by atoms with Crippen LogP contribution < -0.4 is 10.6 Å². The van der Waals surface area contributed by atoms with Crippen LogP contribution in [0.1, 0.15) is 5.56 Å². The molecule has 2 aromatic heterocycles. The minimum atomic E-state index is -0.642. The lowest BCUT2D eigenvalue weighted by Gasteiger charge is -2.35. The van der Waals surface area contributed by atoms with Crippen molar-refractivity contribution in [3.8, 4) is 17.2 Å². The van der Waals surface area contributed by atoms with Gasteiger partial charge in [0.25, 0.3) is 0 Å². The van der Waals surface area contributed by atoms with Gasteiger partial charge in [-0.05, 0) is 29.8 Å². The summed E-state index contributed by atoms with van der Waals surface area (Å²) in [6.45, 7) is 5.47. The minimum absolute atomic E-state index is 0.0805. The Morgan fingerprint density at radius 1 is 1.23 bits per heavy atom. The van der Waals surface area contributed by atoms with E-state index < -0.39 is 11.6 Å². The second kappa shape index (κ2) is 8.88. The summed E-state index contributed by atoms with van der Waals surface area (Å²) < 4.78 is 30.7. The number of aromatic nitrogens is 3. The molecule has 0 atom stereocenters. The largest absolute Gasteiger partial charge is 0.375 e. The van der Waals surface area contributed by atoms with E-state index in [4.69, 9.17) is 5.73 Å². The molecule has 0 spiro atoms. The molecular weight excluding hydrogens is 472 g/mol. The number of anilines is 2. The first-order valence-electron chi connectivity index (χ1n) is 10.8. The van der Waals surface area contributed by atoms with E-state index in [1.54, 1.807) is 11.0 Å². The highest BCUT2D eigenvalue weighted by Crippen LogP contribution is 2.40. The zero-order valence-corrected chi connectivity index (χ0v) is 19.3. The Balaban J connectivity index is 1.67. The zero-order chi connectivity index (χ0) is 24.7. The van der Waals surface area contributed by atoms with Gasteiger partial charge in [-0.2, -0.15) is 5.26 Å². The molecule has 11 heteroatoms. The van der Waals surface area contributed by atoms with E-state index in [2.05, 4.69) is 27.6 Å². The molecule has 2 N–H and O–H groups in total. The minimum Gasteiger partial charge on any atom is -0.375 e. The Morgan fingerprint density at radius 3 is 2.71 bits per heavy atom. The number of nitrogens with zero attached hydrogens (tertiary/aromatic N) is 6. The van der Waals surface area contributed by atoms with Gasteiger partial charge >= 0.3 is 0 Å². The number of thiazole rings is 1. The van der Waals surface area contributed by atoms with Crippen molar-refractivity contribution in [2.75, 3.05) is 36.8 Å². The molecule has 0 radical (unpaired) electrons. The highest BCUT2D eigenvalue weighted by Gasteiger charge is 2.26. The molecule has 1 saturated heterocycles. The molecule has 0 unspecified atom stereocenters. The summed E-state index contributed by atoms with van der Waals surface area (Å²) in [5.41, 5.74) is 7.02. The van der Waals surface area contributed by atoms with E-state index in [0.29, 0.717) is 48.5 Å². The van der Waals surface area contributed by atoms with Crippen molar-refractivity contribution >= 4 is 49.3 Å². The van der Waals surface area contributed by atoms with Crippen LogP contribution in [-0.2, 0) is 11.2 Å². The van der Waals surface area contributed by atoms with E-state index in [1.807, 2.05) is 4.90 Å². The number of hydrogen-bond acceptors (Lipinski definition) is 8. The Hall–Kier alpha value is -4.17. The topological polar surface area (TPSA) is 112 Å². The van der Waals surface area contributed by atoms with Gasteiger partial charge < -0.3 is 15.5 Å². The van der Waals surface area contributed by atoms with Crippen LogP contribution in [0.25, 0.3) is 32.2 Å². The molecule has 0 saturated carbocycles. The summed E-state index contributed by atoms with van der Waals surface area (Å²) >= 11 is 0.979. The molecule has 176 valence electrons. The van der Waals surface area contributed by atoms with Gasteiger partial charge in [0.2, 0.25) is 5.91 Å². The molecule has 5 rings (SSSR count). The van der Waals surface area contributed by atoms with Gasteiger partial charge in [-0.3, -0.25) is 4.79 Å². The summed E-state index contributed by atoms with van der Waals surface area (Å²) in [7, 11) is 0. The van der Waals surface area contributed by atoms with Crippen LogP contribution in [0, 0.1) is 23.0 Å². The average molecular weight is 492 g/mol. The summed E-state index contributed by atoms with van der Waals surface area (Å²) in [6, 6.07) is 6.47. The van der Waals surface area contributed by atoms with Crippen LogP contribution in [-0.4, -0.2) is 51.9 Å². The van der Waals surface area contributed by atoms with Gasteiger partial charge in [0, 0.05) is 42.7 Å². The lowest BCUT2D eigenvalue weighted by molar-refractivity contribution is -0.126. The summed E-state index contributed by atoms with van der Waals surface area (Å²) in [4.78, 5) is 28.4. The first kappa shape index (κ1) is 22.6. The van der Waals surface area contributed by atoms with Gasteiger partial charge in [-0.1, -0.05) is 17.9 Å². The quantitative estimate of drug-likeness (QED) is 0.434. The zero-order valence-electron chi connectivity index (χ0n) is 18.5. The lowest BCUT2D eigenvalue weighted by Crippen LogP contribution is -2.48. The number of fused-ring (bicyclic) bond motifs is 2. The van der Waals surface area contributed by atoms with Gasteiger partial charge in [0.05, 0.1) is 22.7 Å². The number of carbonyl (C=O) groups is 1. The fourth-order valence-corrected chi connectivity index (χ4v) is 5.19. The summed E-state index contributed by atoms with van der Waals surface area (Å²) in [5, 5.41) is 10.1. The second-order valence-electron chi connectivity index (χ2n) is 7.99. The van der Waals surface area contributed by atoms with Crippen molar-refractivity contribution in [2.45, 2.75) is 6.42 Å². The number of benzene rings is 2. The molecular formula is C24H19F2N7OS. The Kier molecular flexibility index (Phi) is 5.74. The Labute approximate surface area is 202 Å². The van der Waals surface area contributed by atoms with Crippen molar-refractivity contribution in [2.24, 2.45) is 0 Å². The summed E-state index contributed by atoms with van der Waals surface area (Å²) in [6.07, 6.45) is 2.48. The maximum absolute atomic E-state index is 16.1. The third-order valence-electron chi connectivity index (χ3n) is 6.05. The predicted molar refractivity (Wildman–Crippen MR) is 131 cm³/mol. The van der Waals surface area contributed by atoms with E-state index in [-0.39, 0.29) is 38.8 Å². The number of hydrogen-bond donors (Lipinski definition) is 1. The molecule has 1 fully saturated rings. The van der Waals surface area contributed by atoms with E-state index in [1.165, 1.54) is 24.5 Å². The summed E-state index contributed by atoms with van der Waals surface area (Å²) in [5.74, 6) is -0.763. The van der Waals surface area contributed by atoms with Gasteiger partial charge in [-0.25, -0.2) is 23.7 Å². The number of rotatable bonds is 4. The van der Waals surface area contributed by atoms with Crippen molar-refractivity contribution in [3.63, 3.8) is 0 Å². The predicted octanol–water partition coefficient (Wildman–Crippen LogP) is 3.67. The van der Waals surface area contributed by atoms with Crippen LogP contribution in [0.5, 0.6) is 0 Å².